The lowest BCUT2D eigenvalue weighted by Crippen LogP contribution is -2.46. The zero-order chi connectivity index (χ0) is 15.1. The Morgan fingerprint density at radius 1 is 1.30 bits per heavy atom. The van der Waals surface area contributed by atoms with Crippen molar-refractivity contribution in [3.8, 4) is 0 Å². The van der Waals surface area contributed by atoms with Crippen LogP contribution in [-0.2, 0) is 14.3 Å². The second kappa shape index (κ2) is 7.90. The predicted molar refractivity (Wildman–Crippen MR) is 78.4 cm³/mol. The summed E-state index contributed by atoms with van der Waals surface area (Å²) < 4.78 is 4.72. The van der Waals surface area contributed by atoms with Gasteiger partial charge in [0.15, 0.2) is 0 Å². The molecule has 20 heavy (non-hydrogen) atoms. The summed E-state index contributed by atoms with van der Waals surface area (Å²) in [4.78, 5) is 23.9. The fourth-order valence-electron chi connectivity index (χ4n) is 1.80. The molecular formula is C15H20ClNO3. The van der Waals surface area contributed by atoms with Crippen LogP contribution in [0, 0.1) is 5.92 Å². The minimum Gasteiger partial charge on any atom is -0.467 e. The van der Waals surface area contributed by atoms with Gasteiger partial charge in [0.2, 0.25) is 5.91 Å². The van der Waals surface area contributed by atoms with Crippen LogP contribution < -0.4 is 5.32 Å². The van der Waals surface area contributed by atoms with E-state index in [1.807, 2.05) is 32.0 Å². The number of esters is 1. The average Bonchev–Trinajstić information content (AvgIpc) is 2.50. The molecule has 0 aliphatic carbocycles. The third kappa shape index (κ3) is 4.23. The van der Waals surface area contributed by atoms with Crippen molar-refractivity contribution in [1.29, 1.82) is 0 Å². The number of amides is 1. The van der Waals surface area contributed by atoms with Crippen molar-refractivity contribution in [3.63, 3.8) is 0 Å². The van der Waals surface area contributed by atoms with Crippen LogP contribution in [0.4, 0.5) is 0 Å². The molecule has 1 aromatic carbocycles. The lowest BCUT2D eigenvalue weighted by atomic mass is 9.99. The molecule has 1 N–H and O–H groups in total. The molecule has 1 amide bonds. The van der Waals surface area contributed by atoms with E-state index in [-0.39, 0.29) is 5.92 Å². The van der Waals surface area contributed by atoms with Crippen LogP contribution in [0.25, 0.3) is 0 Å². The molecule has 0 aliphatic heterocycles. The first-order valence-electron chi connectivity index (χ1n) is 6.58. The molecule has 0 saturated heterocycles. The van der Waals surface area contributed by atoms with Crippen LogP contribution in [-0.4, -0.2) is 25.0 Å². The number of rotatable bonds is 6. The van der Waals surface area contributed by atoms with E-state index >= 15 is 0 Å². The van der Waals surface area contributed by atoms with Gasteiger partial charge in [0, 0.05) is 0 Å². The average molecular weight is 298 g/mol. The fourth-order valence-corrected chi connectivity index (χ4v) is 2.00. The molecule has 3 atom stereocenters. The summed E-state index contributed by atoms with van der Waals surface area (Å²) in [5.41, 5.74) is 0.694. The van der Waals surface area contributed by atoms with Crippen molar-refractivity contribution >= 4 is 23.5 Å². The molecule has 4 nitrogen and oxygen atoms in total. The molecule has 0 aliphatic rings. The van der Waals surface area contributed by atoms with Gasteiger partial charge in [-0.25, -0.2) is 4.79 Å². The highest BCUT2D eigenvalue weighted by atomic mass is 35.5. The maximum atomic E-state index is 12.1. The van der Waals surface area contributed by atoms with E-state index < -0.39 is 23.3 Å². The molecule has 0 saturated carbocycles. The Morgan fingerprint density at radius 2 is 1.90 bits per heavy atom. The first-order valence-corrected chi connectivity index (χ1v) is 7.02. The largest absolute Gasteiger partial charge is 0.467 e. The molecular weight excluding hydrogens is 278 g/mol. The lowest BCUT2D eigenvalue weighted by molar-refractivity contribution is -0.146. The Labute approximate surface area is 124 Å². The SMILES string of the molecule is CCC(C)C(NC(=O)C(Cl)c1ccccc1)C(=O)OC. The smallest absolute Gasteiger partial charge is 0.328 e. The van der Waals surface area contributed by atoms with E-state index in [2.05, 4.69) is 5.32 Å². The van der Waals surface area contributed by atoms with E-state index in [1.54, 1.807) is 12.1 Å². The van der Waals surface area contributed by atoms with Crippen LogP contribution in [0.5, 0.6) is 0 Å². The summed E-state index contributed by atoms with van der Waals surface area (Å²) in [5.74, 6) is -0.871. The number of hydrogen-bond donors (Lipinski definition) is 1. The van der Waals surface area contributed by atoms with Gasteiger partial charge in [-0.05, 0) is 11.5 Å². The number of alkyl halides is 1. The van der Waals surface area contributed by atoms with Gasteiger partial charge in [-0.3, -0.25) is 4.79 Å². The summed E-state index contributed by atoms with van der Waals surface area (Å²) in [6.45, 7) is 3.83. The van der Waals surface area contributed by atoms with E-state index in [4.69, 9.17) is 16.3 Å². The normalized spacial score (nSPS) is 15.0. The molecule has 0 bridgehead atoms. The number of nitrogens with one attached hydrogen (secondary N) is 1. The van der Waals surface area contributed by atoms with Gasteiger partial charge in [-0.1, -0.05) is 50.6 Å². The monoisotopic (exact) mass is 297 g/mol. The Balaban J connectivity index is 2.78. The maximum absolute atomic E-state index is 12.1. The van der Waals surface area contributed by atoms with Crippen LogP contribution in [0.2, 0.25) is 0 Å². The van der Waals surface area contributed by atoms with Crippen molar-refractivity contribution in [2.24, 2.45) is 5.92 Å². The summed E-state index contributed by atoms with van der Waals surface area (Å²) >= 11 is 6.13. The Hall–Kier alpha value is -1.55. The lowest BCUT2D eigenvalue weighted by Gasteiger charge is -2.23. The predicted octanol–water partition coefficient (Wildman–Crippen LogP) is 2.67. The van der Waals surface area contributed by atoms with Gasteiger partial charge in [0.25, 0.3) is 0 Å². The van der Waals surface area contributed by atoms with Crippen molar-refractivity contribution in [2.75, 3.05) is 7.11 Å². The second-order valence-corrected chi connectivity index (χ2v) is 5.10. The van der Waals surface area contributed by atoms with Crippen molar-refractivity contribution in [2.45, 2.75) is 31.7 Å². The molecule has 1 rings (SSSR count). The van der Waals surface area contributed by atoms with Gasteiger partial charge in [-0.15, -0.1) is 11.6 Å². The maximum Gasteiger partial charge on any atom is 0.328 e. The summed E-state index contributed by atoms with van der Waals surface area (Å²) in [6.07, 6.45) is 0.748. The minimum absolute atomic E-state index is 0.0222. The Morgan fingerprint density at radius 3 is 2.40 bits per heavy atom. The first-order chi connectivity index (χ1) is 9.51. The van der Waals surface area contributed by atoms with Gasteiger partial charge in [0.1, 0.15) is 11.4 Å². The summed E-state index contributed by atoms with van der Waals surface area (Å²) in [6, 6.07) is 8.33. The number of halogens is 1. The molecule has 0 fully saturated rings. The van der Waals surface area contributed by atoms with Crippen LogP contribution in [0.1, 0.15) is 31.2 Å². The molecule has 110 valence electrons. The number of methoxy groups -OCH3 is 1. The van der Waals surface area contributed by atoms with Crippen LogP contribution in [0.3, 0.4) is 0 Å². The summed E-state index contributed by atoms with van der Waals surface area (Å²) in [5, 5.41) is 1.84. The quantitative estimate of drug-likeness (QED) is 0.649. The van der Waals surface area contributed by atoms with E-state index in [9.17, 15) is 9.59 Å². The Bertz CT molecular complexity index is 450. The summed E-state index contributed by atoms with van der Waals surface area (Å²) in [7, 11) is 1.30. The third-order valence-electron chi connectivity index (χ3n) is 3.29. The highest BCUT2D eigenvalue weighted by Gasteiger charge is 2.29. The second-order valence-electron chi connectivity index (χ2n) is 4.67. The van der Waals surface area contributed by atoms with Crippen LogP contribution in [0.15, 0.2) is 30.3 Å². The number of carbonyl (C=O) groups is 2. The van der Waals surface area contributed by atoms with Gasteiger partial charge >= 0.3 is 5.97 Å². The van der Waals surface area contributed by atoms with Gasteiger partial charge in [-0.2, -0.15) is 0 Å². The molecule has 5 heteroatoms. The molecule has 3 unspecified atom stereocenters. The molecule has 0 radical (unpaired) electrons. The van der Waals surface area contributed by atoms with Crippen molar-refractivity contribution in [3.05, 3.63) is 35.9 Å². The van der Waals surface area contributed by atoms with E-state index in [1.165, 1.54) is 7.11 Å². The van der Waals surface area contributed by atoms with Crippen LogP contribution >= 0.6 is 11.6 Å². The molecule has 0 spiro atoms. The van der Waals surface area contributed by atoms with Crippen molar-refractivity contribution < 1.29 is 14.3 Å². The topological polar surface area (TPSA) is 55.4 Å². The standard InChI is InChI=1S/C15H20ClNO3/c1-4-10(2)13(15(19)20-3)17-14(18)12(16)11-8-6-5-7-9-11/h5-10,12-13H,4H2,1-3H3,(H,17,18). The Kier molecular flexibility index (Phi) is 6.52. The van der Waals surface area contributed by atoms with Gasteiger partial charge < -0.3 is 10.1 Å². The highest BCUT2D eigenvalue weighted by molar-refractivity contribution is 6.30. The first kappa shape index (κ1) is 16.5. The molecule has 0 aromatic heterocycles. The zero-order valence-electron chi connectivity index (χ0n) is 11.9. The molecule has 0 heterocycles. The fraction of sp³-hybridized carbons (Fsp3) is 0.467. The van der Waals surface area contributed by atoms with E-state index in [0.29, 0.717) is 5.56 Å². The number of carbonyl (C=O) groups excluding carboxylic acids is 2. The minimum atomic E-state index is -0.826. The number of benzene rings is 1. The number of hydrogen-bond acceptors (Lipinski definition) is 3. The van der Waals surface area contributed by atoms with Gasteiger partial charge in [0.05, 0.1) is 7.11 Å². The molecule has 1 aromatic rings. The highest BCUT2D eigenvalue weighted by Crippen LogP contribution is 2.21. The zero-order valence-corrected chi connectivity index (χ0v) is 12.7. The van der Waals surface area contributed by atoms with Crippen molar-refractivity contribution in [1.82, 2.24) is 5.32 Å². The third-order valence-corrected chi connectivity index (χ3v) is 3.74. The number of ether oxygens (including phenoxy) is 1. The van der Waals surface area contributed by atoms with E-state index in [0.717, 1.165) is 6.42 Å².